The van der Waals surface area contributed by atoms with Crippen LogP contribution < -0.4 is 5.73 Å². The molecular formula is C15H23N3S. The molecular weight excluding hydrogens is 254 g/mol. The van der Waals surface area contributed by atoms with Crippen LogP contribution in [0.25, 0.3) is 0 Å². The van der Waals surface area contributed by atoms with Crippen molar-refractivity contribution in [3.63, 3.8) is 0 Å². The van der Waals surface area contributed by atoms with Crippen LogP contribution in [0.5, 0.6) is 0 Å². The third-order valence-corrected chi connectivity index (χ3v) is 4.53. The summed E-state index contributed by atoms with van der Waals surface area (Å²) in [5, 5.41) is 2.12. The van der Waals surface area contributed by atoms with Gasteiger partial charge in [-0.2, -0.15) is 0 Å². The number of nitrogens with two attached hydrogens (primary N) is 1. The summed E-state index contributed by atoms with van der Waals surface area (Å²) >= 11 is 1.79. The summed E-state index contributed by atoms with van der Waals surface area (Å²) < 4.78 is 0. The second kappa shape index (κ2) is 7.06. The highest BCUT2D eigenvalue weighted by Crippen LogP contribution is 2.19. The smallest absolute Gasteiger partial charge is 0.0555 e. The van der Waals surface area contributed by atoms with Crippen molar-refractivity contribution in [3.8, 4) is 11.8 Å². The first-order valence-corrected chi connectivity index (χ1v) is 7.72. The van der Waals surface area contributed by atoms with Gasteiger partial charge in [0.05, 0.1) is 6.54 Å². The highest BCUT2D eigenvalue weighted by atomic mass is 32.1. The zero-order valence-electron chi connectivity index (χ0n) is 11.9. The second-order valence-electron chi connectivity index (χ2n) is 5.28. The number of hydrogen-bond donors (Lipinski definition) is 1. The number of likely N-dealkylation sites (tertiary alicyclic amines) is 1. The Morgan fingerprint density at radius 2 is 2.42 bits per heavy atom. The number of likely N-dealkylation sites (N-methyl/N-ethyl adjacent to an activating group) is 2. The topological polar surface area (TPSA) is 32.5 Å². The molecule has 4 heteroatoms. The molecule has 0 aliphatic carbocycles. The van der Waals surface area contributed by atoms with Gasteiger partial charge in [-0.05, 0) is 39.5 Å². The first-order chi connectivity index (χ1) is 9.19. The summed E-state index contributed by atoms with van der Waals surface area (Å²) in [6.45, 7) is 3.84. The third-order valence-electron chi connectivity index (χ3n) is 3.61. The monoisotopic (exact) mass is 277 g/mol. The number of nitrogens with zero attached hydrogens (tertiary/aromatic N) is 2. The van der Waals surface area contributed by atoms with Crippen molar-refractivity contribution < 1.29 is 0 Å². The molecule has 0 aromatic carbocycles. The average molecular weight is 277 g/mol. The normalized spacial score (nSPS) is 19.7. The van der Waals surface area contributed by atoms with E-state index < -0.39 is 0 Å². The summed E-state index contributed by atoms with van der Waals surface area (Å²) in [5.41, 5.74) is 6.48. The van der Waals surface area contributed by atoms with Gasteiger partial charge < -0.3 is 10.6 Å². The quantitative estimate of drug-likeness (QED) is 0.848. The Labute approximate surface area is 120 Å². The molecule has 0 spiro atoms. The molecule has 1 aromatic rings. The largest absolute Gasteiger partial charge is 0.320 e. The average Bonchev–Trinajstić information content (AvgIpc) is 2.97. The van der Waals surface area contributed by atoms with Crippen LogP contribution in [0.15, 0.2) is 11.4 Å². The standard InChI is InChI=1S/C15H23N3S/c1-17(10-14-6-4-8-18(14)2)11-15-9-13(12-19-15)5-3-7-16/h9,12,14H,4,6-8,10-11,16H2,1-2H3. The predicted octanol–water partition coefficient (Wildman–Crippen LogP) is 1.58. The van der Waals surface area contributed by atoms with Gasteiger partial charge in [0.15, 0.2) is 0 Å². The van der Waals surface area contributed by atoms with E-state index in [0.29, 0.717) is 6.54 Å². The van der Waals surface area contributed by atoms with Gasteiger partial charge in [-0.15, -0.1) is 11.3 Å². The van der Waals surface area contributed by atoms with E-state index in [2.05, 4.69) is 47.2 Å². The molecule has 1 aromatic heterocycles. The molecule has 1 saturated heterocycles. The van der Waals surface area contributed by atoms with E-state index >= 15 is 0 Å². The molecule has 104 valence electrons. The third kappa shape index (κ3) is 4.32. The van der Waals surface area contributed by atoms with Crippen LogP contribution in [0.4, 0.5) is 0 Å². The fourth-order valence-electron chi connectivity index (χ4n) is 2.58. The summed E-state index contributed by atoms with van der Waals surface area (Å²) in [7, 11) is 4.44. The molecule has 2 rings (SSSR count). The van der Waals surface area contributed by atoms with Gasteiger partial charge in [0, 0.05) is 35.0 Å². The lowest BCUT2D eigenvalue weighted by Gasteiger charge is -2.25. The molecule has 1 aliphatic heterocycles. The van der Waals surface area contributed by atoms with E-state index in [-0.39, 0.29) is 0 Å². The van der Waals surface area contributed by atoms with Crippen LogP contribution >= 0.6 is 11.3 Å². The minimum Gasteiger partial charge on any atom is -0.320 e. The molecule has 2 N–H and O–H groups in total. The van der Waals surface area contributed by atoms with E-state index in [9.17, 15) is 0 Å². The van der Waals surface area contributed by atoms with Crippen molar-refractivity contribution in [2.24, 2.45) is 5.73 Å². The van der Waals surface area contributed by atoms with Crippen LogP contribution in [0.3, 0.4) is 0 Å². The molecule has 0 saturated carbocycles. The van der Waals surface area contributed by atoms with Crippen molar-refractivity contribution in [3.05, 3.63) is 21.9 Å². The lowest BCUT2D eigenvalue weighted by molar-refractivity contribution is 0.216. The first-order valence-electron chi connectivity index (χ1n) is 6.84. The molecule has 1 unspecified atom stereocenters. The molecule has 1 atom stereocenters. The molecule has 3 nitrogen and oxygen atoms in total. The predicted molar refractivity (Wildman–Crippen MR) is 82.2 cm³/mol. The zero-order chi connectivity index (χ0) is 13.7. The minimum atomic E-state index is 0.430. The van der Waals surface area contributed by atoms with Crippen LogP contribution in [0.1, 0.15) is 23.3 Å². The van der Waals surface area contributed by atoms with Crippen molar-refractivity contribution >= 4 is 11.3 Å². The van der Waals surface area contributed by atoms with Crippen LogP contribution in [-0.2, 0) is 6.54 Å². The molecule has 0 radical (unpaired) electrons. The second-order valence-corrected chi connectivity index (χ2v) is 6.28. The molecule has 0 bridgehead atoms. The maximum absolute atomic E-state index is 5.39. The van der Waals surface area contributed by atoms with Crippen molar-refractivity contribution in [1.82, 2.24) is 9.80 Å². The number of rotatable bonds is 4. The number of hydrogen-bond acceptors (Lipinski definition) is 4. The van der Waals surface area contributed by atoms with Gasteiger partial charge in [-0.1, -0.05) is 11.8 Å². The summed E-state index contributed by atoms with van der Waals surface area (Å²) in [6.07, 6.45) is 2.67. The van der Waals surface area contributed by atoms with Crippen LogP contribution in [0.2, 0.25) is 0 Å². The highest BCUT2D eigenvalue weighted by molar-refractivity contribution is 7.10. The Morgan fingerprint density at radius 1 is 1.58 bits per heavy atom. The Bertz CT molecular complexity index is 457. The van der Waals surface area contributed by atoms with Crippen LogP contribution in [0, 0.1) is 11.8 Å². The summed E-state index contributed by atoms with van der Waals surface area (Å²) in [5.74, 6) is 5.99. The Hall–Kier alpha value is -0.860. The number of thiophene rings is 1. The van der Waals surface area contributed by atoms with Crippen molar-refractivity contribution in [1.29, 1.82) is 0 Å². The lowest BCUT2D eigenvalue weighted by atomic mass is 10.2. The Morgan fingerprint density at radius 3 is 3.11 bits per heavy atom. The highest BCUT2D eigenvalue weighted by Gasteiger charge is 2.22. The SMILES string of the molecule is CN(Cc1cc(C#CCN)cs1)CC1CCCN1C. The zero-order valence-corrected chi connectivity index (χ0v) is 12.7. The van der Waals surface area contributed by atoms with Crippen LogP contribution in [-0.4, -0.2) is 49.6 Å². The molecule has 1 fully saturated rings. The van der Waals surface area contributed by atoms with Gasteiger partial charge >= 0.3 is 0 Å². The van der Waals surface area contributed by atoms with Gasteiger partial charge in [-0.25, -0.2) is 0 Å². The lowest BCUT2D eigenvalue weighted by Crippen LogP contribution is -2.36. The van der Waals surface area contributed by atoms with E-state index in [1.165, 1.54) is 24.3 Å². The Balaban J connectivity index is 1.84. The summed E-state index contributed by atoms with van der Waals surface area (Å²) in [4.78, 5) is 6.27. The van der Waals surface area contributed by atoms with Crippen molar-refractivity contribution in [2.75, 3.05) is 33.7 Å². The minimum absolute atomic E-state index is 0.430. The van der Waals surface area contributed by atoms with Gasteiger partial charge in [0.25, 0.3) is 0 Å². The van der Waals surface area contributed by atoms with E-state index in [0.717, 1.165) is 24.7 Å². The molecule has 0 amide bonds. The fourth-order valence-corrected chi connectivity index (χ4v) is 3.48. The summed E-state index contributed by atoms with van der Waals surface area (Å²) in [6, 6.07) is 2.91. The molecule has 1 aliphatic rings. The van der Waals surface area contributed by atoms with Crippen molar-refractivity contribution in [2.45, 2.75) is 25.4 Å². The first kappa shape index (κ1) is 14.5. The van der Waals surface area contributed by atoms with Gasteiger partial charge in [0.1, 0.15) is 0 Å². The molecule has 19 heavy (non-hydrogen) atoms. The van der Waals surface area contributed by atoms with Gasteiger partial charge in [-0.3, -0.25) is 4.90 Å². The molecule has 2 heterocycles. The van der Waals surface area contributed by atoms with Gasteiger partial charge in [0.2, 0.25) is 0 Å². The van der Waals surface area contributed by atoms with E-state index in [4.69, 9.17) is 5.73 Å². The van der Waals surface area contributed by atoms with E-state index in [1.807, 2.05) is 0 Å². The fraction of sp³-hybridized carbons (Fsp3) is 0.600. The van der Waals surface area contributed by atoms with E-state index in [1.54, 1.807) is 11.3 Å². The maximum atomic E-state index is 5.39. The Kier molecular flexibility index (Phi) is 5.41. The maximum Gasteiger partial charge on any atom is 0.0555 e.